The van der Waals surface area contributed by atoms with Crippen molar-refractivity contribution < 1.29 is 28.0 Å². The molecular weight excluding hydrogens is 317 g/mol. The Kier molecular flexibility index (Phi) is 4.34. The van der Waals surface area contributed by atoms with Crippen molar-refractivity contribution >= 4 is 11.6 Å². The van der Waals surface area contributed by atoms with Crippen LogP contribution in [0, 0.1) is 17.0 Å². The van der Waals surface area contributed by atoms with E-state index in [1.165, 1.54) is 17.0 Å². The van der Waals surface area contributed by atoms with Gasteiger partial charge in [-0.1, -0.05) is 0 Å². The van der Waals surface area contributed by atoms with Gasteiger partial charge < -0.3 is 10.0 Å². The molecule has 0 radical (unpaired) electrons. The molecule has 0 unspecified atom stereocenters. The van der Waals surface area contributed by atoms with Gasteiger partial charge in [-0.05, 0) is 18.6 Å². The lowest BCUT2D eigenvalue weighted by Crippen LogP contribution is -2.54. The molecule has 1 saturated heterocycles. The molecule has 1 aliphatic rings. The Labute approximate surface area is 129 Å². The Morgan fingerprint density at radius 2 is 1.87 bits per heavy atom. The van der Waals surface area contributed by atoms with Crippen LogP contribution in [0.5, 0.6) is 0 Å². The standard InChI is InChI=1S/C14H15F3N2O4/c1-9-6-10(8-11(7-9)19(22)23)12(20)18-4-2-13(21,3-5-18)14(15,16)17/h6-8,21H,2-5H2,1H3. The molecule has 0 spiro atoms. The maximum absolute atomic E-state index is 12.7. The van der Waals surface area contributed by atoms with Gasteiger partial charge in [0.05, 0.1) is 4.92 Å². The van der Waals surface area contributed by atoms with Crippen molar-refractivity contribution in [3.8, 4) is 0 Å². The predicted octanol–water partition coefficient (Wildman–Crippen LogP) is 2.43. The Bertz CT molecular complexity index is 637. The third-order valence-corrected chi connectivity index (χ3v) is 3.93. The third-order valence-electron chi connectivity index (χ3n) is 3.93. The van der Waals surface area contributed by atoms with Gasteiger partial charge >= 0.3 is 6.18 Å². The number of carbonyl (C=O) groups excluding carboxylic acids is 1. The van der Waals surface area contributed by atoms with Crippen LogP contribution < -0.4 is 0 Å². The van der Waals surface area contributed by atoms with Crippen molar-refractivity contribution in [3.05, 3.63) is 39.4 Å². The summed E-state index contributed by atoms with van der Waals surface area (Å²) in [5.41, 5.74) is -2.49. The second-order valence-electron chi connectivity index (χ2n) is 5.64. The van der Waals surface area contributed by atoms with Crippen LogP contribution in [0.1, 0.15) is 28.8 Å². The van der Waals surface area contributed by atoms with Crippen molar-refractivity contribution in [1.82, 2.24) is 4.90 Å². The number of rotatable bonds is 2. The third kappa shape index (κ3) is 3.44. The van der Waals surface area contributed by atoms with Gasteiger partial charge in [-0.25, -0.2) is 0 Å². The SMILES string of the molecule is Cc1cc(C(=O)N2CCC(O)(C(F)(F)F)CC2)cc([N+](=O)[O-])c1. The monoisotopic (exact) mass is 332 g/mol. The van der Waals surface area contributed by atoms with Crippen molar-refractivity contribution in [1.29, 1.82) is 0 Å². The zero-order chi connectivity index (χ0) is 17.4. The fraction of sp³-hybridized carbons (Fsp3) is 0.500. The van der Waals surface area contributed by atoms with Crippen molar-refractivity contribution in [3.63, 3.8) is 0 Å². The van der Waals surface area contributed by atoms with Crippen molar-refractivity contribution in [2.75, 3.05) is 13.1 Å². The highest BCUT2D eigenvalue weighted by atomic mass is 19.4. The Morgan fingerprint density at radius 1 is 1.30 bits per heavy atom. The molecule has 9 heteroatoms. The number of piperidine rings is 1. The molecule has 23 heavy (non-hydrogen) atoms. The van der Waals surface area contributed by atoms with Gasteiger partial charge in [0.1, 0.15) is 0 Å². The van der Waals surface area contributed by atoms with Crippen LogP contribution in [0.25, 0.3) is 0 Å². The fourth-order valence-electron chi connectivity index (χ4n) is 2.54. The van der Waals surface area contributed by atoms with Gasteiger partial charge in [0.2, 0.25) is 0 Å². The first-order valence-corrected chi connectivity index (χ1v) is 6.88. The number of aliphatic hydroxyl groups is 1. The van der Waals surface area contributed by atoms with Gasteiger partial charge in [-0.15, -0.1) is 0 Å². The summed E-state index contributed by atoms with van der Waals surface area (Å²) in [5.74, 6) is -0.582. The van der Waals surface area contributed by atoms with Crippen LogP contribution in [-0.2, 0) is 0 Å². The number of carbonyl (C=O) groups is 1. The molecule has 0 saturated carbocycles. The van der Waals surface area contributed by atoms with E-state index in [0.717, 1.165) is 6.07 Å². The van der Waals surface area contributed by atoms with E-state index in [1.807, 2.05) is 0 Å². The molecule has 0 bridgehead atoms. The summed E-state index contributed by atoms with van der Waals surface area (Å²) in [7, 11) is 0. The Hall–Kier alpha value is -2.16. The van der Waals surface area contributed by atoms with Gasteiger partial charge in [-0.2, -0.15) is 13.2 Å². The predicted molar refractivity (Wildman–Crippen MR) is 74.0 cm³/mol. The summed E-state index contributed by atoms with van der Waals surface area (Å²) in [6.07, 6.45) is -5.98. The Morgan fingerprint density at radius 3 is 2.35 bits per heavy atom. The van der Waals surface area contributed by atoms with Gasteiger partial charge in [-0.3, -0.25) is 14.9 Å². The van der Waals surface area contributed by atoms with E-state index in [9.17, 15) is 33.2 Å². The van der Waals surface area contributed by atoms with Gasteiger partial charge in [0.25, 0.3) is 11.6 Å². The van der Waals surface area contributed by atoms with Crippen molar-refractivity contribution in [2.45, 2.75) is 31.5 Å². The highest BCUT2D eigenvalue weighted by Crippen LogP contribution is 2.38. The summed E-state index contributed by atoms with van der Waals surface area (Å²) in [5, 5.41) is 20.4. The lowest BCUT2D eigenvalue weighted by Gasteiger charge is -2.39. The number of alkyl halides is 3. The first kappa shape index (κ1) is 17.2. The highest BCUT2D eigenvalue weighted by molar-refractivity contribution is 5.95. The maximum Gasteiger partial charge on any atom is 0.417 e. The topological polar surface area (TPSA) is 83.7 Å². The summed E-state index contributed by atoms with van der Waals surface area (Å²) >= 11 is 0. The van der Waals surface area contributed by atoms with E-state index < -0.39 is 35.4 Å². The van der Waals surface area contributed by atoms with Gasteiger partial charge in [0, 0.05) is 43.6 Å². The molecule has 1 heterocycles. The number of non-ortho nitro benzene ring substituents is 1. The van der Waals surface area contributed by atoms with Crippen LogP contribution in [0.3, 0.4) is 0 Å². The van der Waals surface area contributed by atoms with Crippen LogP contribution in [-0.4, -0.2) is 45.7 Å². The van der Waals surface area contributed by atoms with Crippen LogP contribution in [0.15, 0.2) is 18.2 Å². The number of nitrogens with zero attached hydrogens (tertiary/aromatic N) is 2. The fourth-order valence-corrected chi connectivity index (χ4v) is 2.54. The molecule has 0 atom stereocenters. The minimum Gasteiger partial charge on any atom is -0.380 e. The molecule has 6 nitrogen and oxygen atoms in total. The molecule has 2 rings (SSSR count). The smallest absolute Gasteiger partial charge is 0.380 e. The van der Waals surface area contributed by atoms with E-state index in [-0.39, 0.29) is 24.3 Å². The largest absolute Gasteiger partial charge is 0.417 e. The average Bonchev–Trinajstić information content (AvgIpc) is 2.45. The molecule has 0 aromatic heterocycles. The number of halogens is 3. The van der Waals surface area contributed by atoms with Gasteiger partial charge in [0.15, 0.2) is 5.60 Å². The molecule has 126 valence electrons. The normalized spacial score (nSPS) is 17.9. The quantitative estimate of drug-likeness (QED) is 0.666. The number of amides is 1. The summed E-state index contributed by atoms with van der Waals surface area (Å²) in [6, 6.07) is 3.84. The lowest BCUT2D eigenvalue weighted by atomic mass is 9.90. The van der Waals surface area contributed by atoms with E-state index in [2.05, 4.69) is 0 Å². The molecule has 1 N–H and O–H groups in total. The van der Waals surface area contributed by atoms with Crippen molar-refractivity contribution in [2.24, 2.45) is 0 Å². The number of nitro benzene ring substituents is 1. The number of hydrogen-bond donors (Lipinski definition) is 1. The lowest BCUT2D eigenvalue weighted by molar-refractivity contribution is -0.384. The summed E-state index contributed by atoms with van der Waals surface area (Å²) < 4.78 is 38.2. The molecule has 0 aliphatic carbocycles. The number of nitro groups is 1. The molecule has 1 aromatic rings. The summed E-state index contributed by atoms with van der Waals surface area (Å²) in [4.78, 5) is 23.7. The molecular formula is C14H15F3N2O4. The summed E-state index contributed by atoms with van der Waals surface area (Å²) in [6.45, 7) is 1.05. The number of aryl methyl sites for hydroxylation is 1. The zero-order valence-electron chi connectivity index (χ0n) is 12.3. The first-order valence-electron chi connectivity index (χ1n) is 6.88. The number of hydrogen-bond acceptors (Lipinski definition) is 4. The van der Waals surface area contributed by atoms with E-state index in [1.54, 1.807) is 6.92 Å². The molecule has 1 amide bonds. The molecule has 1 aromatic carbocycles. The van der Waals surface area contributed by atoms with Crippen LogP contribution in [0.2, 0.25) is 0 Å². The first-order chi connectivity index (χ1) is 10.5. The minimum atomic E-state index is -4.75. The van der Waals surface area contributed by atoms with Crippen LogP contribution >= 0.6 is 0 Å². The van der Waals surface area contributed by atoms with Crippen LogP contribution in [0.4, 0.5) is 18.9 Å². The van der Waals surface area contributed by atoms with E-state index in [0.29, 0.717) is 5.56 Å². The second-order valence-corrected chi connectivity index (χ2v) is 5.64. The Balaban J connectivity index is 2.16. The molecule has 1 fully saturated rings. The van der Waals surface area contributed by atoms with E-state index in [4.69, 9.17) is 0 Å². The minimum absolute atomic E-state index is 0.0501. The molecule has 1 aliphatic heterocycles. The number of benzene rings is 1. The average molecular weight is 332 g/mol. The number of likely N-dealkylation sites (tertiary alicyclic amines) is 1. The second kappa shape index (κ2) is 5.80. The van der Waals surface area contributed by atoms with E-state index >= 15 is 0 Å². The highest BCUT2D eigenvalue weighted by Gasteiger charge is 2.54. The maximum atomic E-state index is 12.7. The zero-order valence-corrected chi connectivity index (χ0v) is 12.3.